The second-order valence-electron chi connectivity index (χ2n) is 8.75. The van der Waals surface area contributed by atoms with Crippen LogP contribution in [0.3, 0.4) is 0 Å². The third-order valence-electron chi connectivity index (χ3n) is 6.05. The number of rotatable bonds is 8. The molecule has 0 spiro atoms. The maximum absolute atomic E-state index is 13.4. The molecular formula is C28H26FN5O3. The van der Waals surface area contributed by atoms with E-state index < -0.39 is 12.1 Å². The van der Waals surface area contributed by atoms with Gasteiger partial charge >= 0.3 is 0 Å². The van der Waals surface area contributed by atoms with Gasteiger partial charge in [0.05, 0.1) is 36.9 Å². The number of nitrogens with one attached hydrogen (secondary N) is 1. The highest BCUT2D eigenvalue weighted by Crippen LogP contribution is 2.30. The summed E-state index contributed by atoms with van der Waals surface area (Å²) >= 11 is 0. The molecule has 37 heavy (non-hydrogen) atoms. The third kappa shape index (κ3) is 5.16. The fraction of sp³-hybridized carbons (Fsp3) is 0.179. The Bertz CT molecular complexity index is 1540. The van der Waals surface area contributed by atoms with E-state index >= 15 is 0 Å². The molecule has 0 aliphatic carbocycles. The lowest BCUT2D eigenvalue weighted by molar-refractivity contribution is 0.0877. The molecule has 188 valence electrons. The van der Waals surface area contributed by atoms with E-state index in [-0.39, 0.29) is 11.7 Å². The van der Waals surface area contributed by atoms with Crippen molar-refractivity contribution < 1.29 is 18.7 Å². The van der Waals surface area contributed by atoms with Gasteiger partial charge in [0.15, 0.2) is 0 Å². The molecule has 5 rings (SSSR count). The molecule has 1 amide bonds. The minimum Gasteiger partial charge on any atom is -0.497 e. The van der Waals surface area contributed by atoms with Crippen LogP contribution in [0.25, 0.3) is 16.6 Å². The second kappa shape index (κ2) is 10.1. The van der Waals surface area contributed by atoms with Crippen LogP contribution in [0.1, 0.15) is 29.1 Å². The van der Waals surface area contributed by atoms with Crippen LogP contribution in [0.15, 0.2) is 85.5 Å². The molecule has 0 saturated heterocycles. The molecule has 1 N–H and O–H groups in total. The largest absolute Gasteiger partial charge is 0.497 e. The molecule has 0 bridgehead atoms. The number of carbonyl (C=O) groups is 1. The fourth-order valence-electron chi connectivity index (χ4n) is 4.18. The van der Waals surface area contributed by atoms with Gasteiger partial charge < -0.3 is 19.4 Å². The van der Waals surface area contributed by atoms with Crippen molar-refractivity contribution in [3.63, 3.8) is 0 Å². The van der Waals surface area contributed by atoms with Gasteiger partial charge in [-0.2, -0.15) is 5.10 Å². The summed E-state index contributed by atoms with van der Waals surface area (Å²) < 4.78 is 28.7. The van der Waals surface area contributed by atoms with Crippen molar-refractivity contribution in [2.75, 3.05) is 7.11 Å². The summed E-state index contributed by atoms with van der Waals surface area (Å²) in [5, 5.41) is 8.33. The smallest absolute Gasteiger partial charge is 0.271 e. The number of halogens is 1. The molecule has 0 aliphatic heterocycles. The summed E-state index contributed by atoms with van der Waals surface area (Å²) in [4.78, 5) is 16.9. The van der Waals surface area contributed by atoms with Crippen molar-refractivity contribution in [1.82, 2.24) is 24.6 Å². The van der Waals surface area contributed by atoms with Gasteiger partial charge in [-0.3, -0.25) is 4.79 Å². The van der Waals surface area contributed by atoms with E-state index in [2.05, 4.69) is 15.4 Å². The van der Waals surface area contributed by atoms with E-state index in [1.807, 2.05) is 56.4 Å². The summed E-state index contributed by atoms with van der Waals surface area (Å²) in [7, 11) is 3.41. The number of ether oxygens (including phenoxy) is 2. The Morgan fingerprint density at radius 1 is 1.05 bits per heavy atom. The number of aryl methyl sites for hydroxylation is 1. The molecule has 9 heteroatoms. The summed E-state index contributed by atoms with van der Waals surface area (Å²) in [6.07, 6.45) is 4.46. The molecule has 0 saturated carbocycles. The van der Waals surface area contributed by atoms with Gasteiger partial charge in [0, 0.05) is 18.6 Å². The normalized spacial score (nSPS) is 12.8. The average Bonchev–Trinajstić information content (AvgIpc) is 3.54. The first kappa shape index (κ1) is 24.1. The highest BCUT2D eigenvalue weighted by molar-refractivity contribution is 5.92. The lowest BCUT2D eigenvalue weighted by Gasteiger charge is -2.26. The van der Waals surface area contributed by atoms with E-state index in [0.717, 1.165) is 22.2 Å². The predicted molar refractivity (Wildman–Crippen MR) is 138 cm³/mol. The van der Waals surface area contributed by atoms with Crippen LogP contribution in [-0.2, 0) is 7.05 Å². The first-order valence-corrected chi connectivity index (χ1v) is 11.7. The van der Waals surface area contributed by atoms with Crippen LogP contribution in [0, 0.1) is 5.82 Å². The van der Waals surface area contributed by atoms with Crippen LogP contribution in [0.2, 0.25) is 0 Å². The monoisotopic (exact) mass is 499 g/mol. The van der Waals surface area contributed by atoms with Gasteiger partial charge in [0.1, 0.15) is 29.1 Å². The van der Waals surface area contributed by atoms with E-state index in [4.69, 9.17) is 9.47 Å². The van der Waals surface area contributed by atoms with Gasteiger partial charge in [-0.05, 0) is 67.1 Å². The first-order chi connectivity index (χ1) is 17.9. The minimum absolute atomic E-state index is 0.291. The number of amides is 1. The minimum atomic E-state index is -0.521. The Morgan fingerprint density at radius 2 is 1.86 bits per heavy atom. The van der Waals surface area contributed by atoms with Crippen molar-refractivity contribution in [3.05, 3.63) is 103 Å². The summed E-state index contributed by atoms with van der Waals surface area (Å²) in [6.45, 7) is 1.88. The van der Waals surface area contributed by atoms with Crippen molar-refractivity contribution in [1.29, 1.82) is 0 Å². The predicted octanol–water partition coefficient (Wildman–Crippen LogP) is 4.85. The maximum Gasteiger partial charge on any atom is 0.271 e. The van der Waals surface area contributed by atoms with Crippen molar-refractivity contribution >= 4 is 16.8 Å². The van der Waals surface area contributed by atoms with E-state index in [1.165, 1.54) is 12.1 Å². The Labute approximate surface area is 213 Å². The number of hydrogen-bond acceptors (Lipinski definition) is 5. The summed E-state index contributed by atoms with van der Waals surface area (Å²) in [6, 6.07) is 19.0. The Hall–Kier alpha value is -4.66. The zero-order valence-corrected chi connectivity index (χ0v) is 20.6. The number of aromatic nitrogens is 4. The van der Waals surface area contributed by atoms with Crippen molar-refractivity contribution in [2.24, 2.45) is 7.05 Å². The molecule has 2 atom stereocenters. The highest BCUT2D eigenvalue weighted by Gasteiger charge is 2.25. The van der Waals surface area contributed by atoms with Gasteiger partial charge in [0.25, 0.3) is 5.91 Å². The first-order valence-electron chi connectivity index (χ1n) is 11.7. The quantitative estimate of drug-likeness (QED) is 0.330. The second-order valence-corrected chi connectivity index (χ2v) is 8.75. The number of nitrogens with zero attached hydrogens (tertiary/aromatic N) is 4. The lowest BCUT2D eigenvalue weighted by Crippen LogP contribution is -2.39. The van der Waals surface area contributed by atoms with Crippen molar-refractivity contribution in [2.45, 2.75) is 19.1 Å². The molecular weight excluding hydrogens is 473 g/mol. The lowest BCUT2D eigenvalue weighted by atomic mass is 10.0. The van der Waals surface area contributed by atoms with Crippen LogP contribution < -0.4 is 14.8 Å². The molecule has 0 unspecified atom stereocenters. The summed E-state index contributed by atoms with van der Waals surface area (Å²) in [5.41, 5.74) is 2.78. The molecule has 2 heterocycles. The zero-order chi connectivity index (χ0) is 25.9. The topological polar surface area (TPSA) is 83.2 Å². The average molecular weight is 500 g/mol. The number of carbonyl (C=O) groups excluding carboxylic acids is 1. The molecule has 5 aromatic rings. The van der Waals surface area contributed by atoms with Crippen LogP contribution in [-0.4, -0.2) is 38.4 Å². The third-order valence-corrected chi connectivity index (χ3v) is 6.05. The van der Waals surface area contributed by atoms with Gasteiger partial charge in [-0.25, -0.2) is 14.1 Å². The number of benzene rings is 3. The highest BCUT2D eigenvalue weighted by atomic mass is 19.1. The van der Waals surface area contributed by atoms with Crippen LogP contribution in [0.4, 0.5) is 4.39 Å². The molecule has 8 nitrogen and oxygen atoms in total. The number of hydrogen-bond donors (Lipinski definition) is 1. The number of imidazole rings is 1. The SMILES string of the molecule is COc1cccc([C@@H](Oc2ccc3c(cnn3-c3ccc(F)cc3)c2)[C@H](C)NC(=O)c2cn(C)cn2)c1. The zero-order valence-electron chi connectivity index (χ0n) is 20.6. The molecule has 0 radical (unpaired) electrons. The van der Waals surface area contributed by atoms with Gasteiger partial charge in [-0.1, -0.05) is 12.1 Å². The van der Waals surface area contributed by atoms with E-state index in [9.17, 15) is 9.18 Å². The standard InChI is InChI=1S/C28H26FN5O3/c1-18(32-28(35)25-16-33(2)17-30-25)27(19-5-4-6-23(13-19)36-3)37-24-11-12-26-20(14-24)15-31-34(26)22-9-7-21(29)8-10-22/h4-18,27H,1-3H3,(H,32,35)/t18-,27-/m0/s1. The van der Waals surface area contributed by atoms with Crippen molar-refractivity contribution in [3.8, 4) is 17.2 Å². The Morgan fingerprint density at radius 3 is 2.59 bits per heavy atom. The Balaban J connectivity index is 1.44. The molecule has 0 fully saturated rings. The fourth-order valence-corrected chi connectivity index (χ4v) is 4.18. The van der Waals surface area contributed by atoms with E-state index in [0.29, 0.717) is 17.2 Å². The number of methoxy groups -OCH3 is 1. The molecule has 2 aromatic heterocycles. The number of fused-ring (bicyclic) bond motifs is 1. The molecule has 3 aromatic carbocycles. The maximum atomic E-state index is 13.4. The van der Waals surface area contributed by atoms with Crippen LogP contribution >= 0.6 is 0 Å². The summed E-state index contributed by atoms with van der Waals surface area (Å²) in [5.74, 6) is 0.702. The van der Waals surface area contributed by atoms with Crippen LogP contribution in [0.5, 0.6) is 11.5 Å². The molecule has 0 aliphatic rings. The van der Waals surface area contributed by atoms with E-state index in [1.54, 1.807) is 47.2 Å². The van der Waals surface area contributed by atoms with Gasteiger partial charge in [0.2, 0.25) is 0 Å². The van der Waals surface area contributed by atoms with Gasteiger partial charge in [-0.15, -0.1) is 0 Å². The Kier molecular flexibility index (Phi) is 6.59.